The number of hydrogen-bond donors (Lipinski definition) is 2. The van der Waals surface area contributed by atoms with Crippen molar-refractivity contribution in [1.82, 2.24) is 19.6 Å². The number of carbonyl (C=O) groups excluding carboxylic acids is 3. The Morgan fingerprint density at radius 3 is 2.12 bits per heavy atom. The van der Waals surface area contributed by atoms with Crippen LogP contribution in [0, 0.1) is 5.92 Å². The van der Waals surface area contributed by atoms with Gasteiger partial charge in [-0.25, -0.2) is 0 Å². The lowest BCUT2D eigenvalue weighted by atomic mass is 9.96. The molecule has 0 saturated carbocycles. The van der Waals surface area contributed by atoms with Crippen molar-refractivity contribution in [1.29, 1.82) is 0 Å². The maximum atomic E-state index is 12.8. The molecule has 32 heavy (non-hydrogen) atoms. The van der Waals surface area contributed by atoms with Gasteiger partial charge in [-0.3, -0.25) is 19.3 Å². The van der Waals surface area contributed by atoms with Crippen LogP contribution in [0.2, 0.25) is 0 Å². The highest BCUT2D eigenvalue weighted by Gasteiger charge is 2.24. The van der Waals surface area contributed by atoms with Crippen LogP contribution >= 0.6 is 0 Å². The van der Waals surface area contributed by atoms with E-state index >= 15 is 0 Å². The molecule has 2 rings (SSSR count). The van der Waals surface area contributed by atoms with Gasteiger partial charge in [-0.2, -0.15) is 0 Å². The first-order chi connectivity index (χ1) is 15.2. The highest BCUT2D eigenvalue weighted by molar-refractivity contribution is 6.39. The van der Waals surface area contributed by atoms with Crippen molar-refractivity contribution in [3.8, 4) is 0 Å². The lowest BCUT2D eigenvalue weighted by Gasteiger charge is -2.30. The van der Waals surface area contributed by atoms with Crippen molar-refractivity contribution in [2.24, 2.45) is 11.7 Å². The quantitative estimate of drug-likeness (QED) is 0.501. The van der Waals surface area contributed by atoms with Crippen LogP contribution in [0.5, 0.6) is 0 Å². The molecular formula is C23H38N6O3. The lowest BCUT2D eigenvalue weighted by Crippen LogP contribution is -2.45. The highest BCUT2D eigenvalue weighted by Crippen LogP contribution is 2.20. The average molecular weight is 447 g/mol. The van der Waals surface area contributed by atoms with E-state index in [4.69, 9.17) is 5.73 Å². The van der Waals surface area contributed by atoms with E-state index in [0.717, 1.165) is 38.0 Å². The molecule has 1 fully saturated rings. The van der Waals surface area contributed by atoms with Crippen LogP contribution in [0.1, 0.15) is 18.4 Å². The Hall–Kier alpha value is -2.49. The summed E-state index contributed by atoms with van der Waals surface area (Å²) < 4.78 is 0. The molecule has 0 unspecified atom stereocenters. The summed E-state index contributed by atoms with van der Waals surface area (Å²) in [6, 6.07) is 7.56. The number of hydrogen-bond acceptors (Lipinski definition) is 6. The number of likely N-dealkylation sites (N-methyl/N-ethyl adjacent to an activating group) is 2. The zero-order chi connectivity index (χ0) is 23.7. The molecule has 1 aromatic carbocycles. The van der Waals surface area contributed by atoms with Gasteiger partial charge in [0.05, 0.1) is 0 Å². The summed E-state index contributed by atoms with van der Waals surface area (Å²) in [5.74, 6) is -1.40. The van der Waals surface area contributed by atoms with E-state index in [1.807, 2.05) is 56.2 Å². The minimum atomic E-state index is -0.623. The Labute approximate surface area is 191 Å². The topological polar surface area (TPSA) is 102 Å². The van der Waals surface area contributed by atoms with E-state index in [2.05, 4.69) is 10.2 Å². The summed E-state index contributed by atoms with van der Waals surface area (Å²) in [6.45, 7) is 4.72. The number of anilines is 1. The zero-order valence-electron chi connectivity index (χ0n) is 19.8. The third-order valence-corrected chi connectivity index (χ3v) is 5.70. The number of benzene rings is 1. The van der Waals surface area contributed by atoms with Crippen molar-refractivity contribution in [2.75, 3.05) is 72.8 Å². The van der Waals surface area contributed by atoms with Crippen LogP contribution in [-0.2, 0) is 20.9 Å². The molecule has 3 amide bonds. The van der Waals surface area contributed by atoms with Gasteiger partial charge in [0, 0.05) is 44.3 Å². The second kappa shape index (κ2) is 12.5. The lowest BCUT2D eigenvalue weighted by molar-refractivity contribution is -0.143. The van der Waals surface area contributed by atoms with E-state index in [1.165, 1.54) is 0 Å². The van der Waals surface area contributed by atoms with Crippen molar-refractivity contribution in [3.05, 3.63) is 29.8 Å². The number of amides is 3. The summed E-state index contributed by atoms with van der Waals surface area (Å²) in [7, 11) is 7.76. The monoisotopic (exact) mass is 446 g/mol. The number of carbonyl (C=O) groups is 3. The van der Waals surface area contributed by atoms with Gasteiger partial charge in [-0.1, -0.05) is 12.1 Å². The Balaban J connectivity index is 1.94. The Kier molecular flexibility index (Phi) is 10.1. The van der Waals surface area contributed by atoms with Gasteiger partial charge >= 0.3 is 11.8 Å². The molecule has 0 spiro atoms. The second-order valence-corrected chi connectivity index (χ2v) is 9.01. The molecule has 9 nitrogen and oxygen atoms in total. The van der Waals surface area contributed by atoms with Crippen LogP contribution in [0.25, 0.3) is 0 Å². The van der Waals surface area contributed by atoms with E-state index in [0.29, 0.717) is 31.9 Å². The van der Waals surface area contributed by atoms with Crippen LogP contribution in [-0.4, -0.2) is 105 Å². The SMILES string of the molecule is CN(C)CCN(CCN(C)C)C(=O)C(=O)Nc1cccc(CN2CCC(C(N)=O)CC2)c1. The minimum absolute atomic E-state index is 0.0363. The molecule has 1 aliphatic rings. The second-order valence-electron chi connectivity index (χ2n) is 9.01. The third kappa shape index (κ3) is 8.57. The Bertz CT molecular complexity index is 763. The summed E-state index contributed by atoms with van der Waals surface area (Å²) in [6.07, 6.45) is 1.55. The maximum absolute atomic E-state index is 12.8. The number of nitrogens with two attached hydrogens (primary N) is 1. The van der Waals surface area contributed by atoms with Crippen molar-refractivity contribution < 1.29 is 14.4 Å². The molecular weight excluding hydrogens is 408 g/mol. The number of piperidine rings is 1. The molecule has 1 aliphatic heterocycles. The van der Waals surface area contributed by atoms with Crippen LogP contribution in [0.15, 0.2) is 24.3 Å². The first-order valence-corrected chi connectivity index (χ1v) is 11.2. The standard InChI is InChI=1S/C23H38N6O3/c1-26(2)12-14-29(15-13-27(3)4)23(32)22(31)25-20-7-5-6-18(16-20)17-28-10-8-19(9-11-28)21(24)30/h5-7,16,19H,8-15,17H2,1-4H3,(H2,24,30)(H,25,31). The van der Waals surface area contributed by atoms with Gasteiger partial charge in [0.15, 0.2) is 0 Å². The third-order valence-electron chi connectivity index (χ3n) is 5.70. The minimum Gasteiger partial charge on any atom is -0.369 e. The highest BCUT2D eigenvalue weighted by atomic mass is 16.2. The van der Waals surface area contributed by atoms with Crippen molar-refractivity contribution in [3.63, 3.8) is 0 Å². The molecule has 9 heteroatoms. The maximum Gasteiger partial charge on any atom is 0.313 e. The van der Waals surface area contributed by atoms with Crippen LogP contribution in [0.4, 0.5) is 5.69 Å². The molecule has 1 heterocycles. The smallest absolute Gasteiger partial charge is 0.313 e. The first-order valence-electron chi connectivity index (χ1n) is 11.2. The normalized spacial score (nSPS) is 15.2. The summed E-state index contributed by atoms with van der Waals surface area (Å²) in [5, 5.41) is 2.76. The van der Waals surface area contributed by atoms with E-state index < -0.39 is 11.8 Å². The molecule has 1 saturated heterocycles. The van der Waals surface area contributed by atoms with Gasteiger partial charge in [-0.05, 0) is 71.8 Å². The molecule has 3 N–H and O–H groups in total. The molecule has 0 aromatic heterocycles. The van der Waals surface area contributed by atoms with E-state index in [-0.39, 0.29) is 11.8 Å². The average Bonchev–Trinajstić information content (AvgIpc) is 2.73. The molecule has 0 atom stereocenters. The van der Waals surface area contributed by atoms with E-state index in [1.54, 1.807) is 11.0 Å². The summed E-state index contributed by atoms with van der Waals surface area (Å²) in [4.78, 5) is 44.6. The number of likely N-dealkylation sites (tertiary alicyclic amines) is 1. The fourth-order valence-electron chi connectivity index (χ4n) is 3.67. The number of primary amides is 1. The van der Waals surface area contributed by atoms with Crippen LogP contribution in [0.3, 0.4) is 0 Å². The molecule has 178 valence electrons. The van der Waals surface area contributed by atoms with Gasteiger partial charge in [0.1, 0.15) is 0 Å². The largest absolute Gasteiger partial charge is 0.369 e. The molecule has 0 aliphatic carbocycles. The number of nitrogens with one attached hydrogen (secondary N) is 1. The van der Waals surface area contributed by atoms with Gasteiger partial charge < -0.3 is 25.8 Å². The predicted molar refractivity (Wildman–Crippen MR) is 126 cm³/mol. The van der Waals surface area contributed by atoms with Gasteiger partial charge in [-0.15, -0.1) is 0 Å². The van der Waals surface area contributed by atoms with Crippen molar-refractivity contribution >= 4 is 23.4 Å². The first kappa shape index (κ1) is 25.8. The number of nitrogens with zero attached hydrogens (tertiary/aromatic N) is 4. The molecule has 1 aromatic rings. The Morgan fingerprint density at radius 1 is 1.00 bits per heavy atom. The molecule has 0 radical (unpaired) electrons. The Morgan fingerprint density at radius 2 is 1.59 bits per heavy atom. The predicted octanol–water partition coefficient (Wildman–Crippen LogP) is 0.274. The van der Waals surface area contributed by atoms with E-state index in [9.17, 15) is 14.4 Å². The number of rotatable bonds is 10. The zero-order valence-corrected chi connectivity index (χ0v) is 19.8. The summed E-state index contributed by atoms with van der Waals surface area (Å²) >= 11 is 0. The van der Waals surface area contributed by atoms with Gasteiger partial charge in [0.2, 0.25) is 5.91 Å². The fraction of sp³-hybridized carbons (Fsp3) is 0.609. The summed E-state index contributed by atoms with van der Waals surface area (Å²) in [5.41, 5.74) is 7.06. The van der Waals surface area contributed by atoms with Crippen molar-refractivity contribution in [2.45, 2.75) is 19.4 Å². The van der Waals surface area contributed by atoms with Crippen LogP contribution < -0.4 is 11.1 Å². The fourth-order valence-corrected chi connectivity index (χ4v) is 3.67. The van der Waals surface area contributed by atoms with Gasteiger partial charge in [0.25, 0.3) is 0 Å². The molecule has 0 bridgehead atoms.